The average Bonchev–Trinajstić information content (AvgIpc) is 3.25. The lowest BCUT2D eigenvalue weighted by atomic mass is 10.1. The quantitative estimate of drug-likeness (QED) is 0.690. The van der Waals surface area contributed by atoms with Crippen LogP contribution in [0.1, 0.15) is 25.0 Å². The molecule has 1 aliphatic heterocycles. The second-order valence-electron chi connectivity index (χ2n) is 6.98. The van der Waals surface area contributed by atoms with Gasteiger partial charge in [0.1, 0.15) is 0 Å². The molecule has 0 radical (unpaired) electrons. The highest BCUT2D eigenvalue weighted by atomic mass is 32.2. The minimum atomic E-state index is -0.264. The Kier molecular flexibility index (Phi) is 4.74. The Labute approximate surface area is 163 Å². The Morgan fingerprint density at radius 1 is 1.22 bits per heavy atom. The smallest absolute Gasteiger partial charge is 0.240 e. The molecule has 6 heteroatoms. The molecule has 1 N–H and O–H groups in total. The van der Waals surface area contributed by atoms with Crippen LogP contribution in [-0.2, 0) is 11.2 Å². The number of hydrogen-bond donors (Lipinski definition) is 1. The van der Waals surface area contributed by atoms with Gasteiger partial charge in [0.25, 0.3) is 0 Å². The lowest BCUT2D eigenvalue weighted by molar-refractivity contribution is -0.118. The van der Waals surface area contributed by atoms with Gasteiger partial charge in [-0.25, -0.2) is 4.98 Å². The van der Waals surface area contributed by atoms with Crippen molar-refractivity contribution in [2.75, 3.05) is 4.90 Å². The number of carbonyl (C=O) groups is 1. The Balaban J connectivity index is 1.49. The zero-order valence-corrected chi connectivity index (χ0v) is 16.5. The largest absolute Gasteiger partial charge is 0.308 e. The van der Waals surface area contributed by atoms with E-state index in [0.29, 0.717) is 5.16 Å². The molecule has 0 aliphatic carbocycles. The molecule has 3 aromatic rings. The van der Waals surface area contributed by atoms with Gasteiger partial charge in [0.05, 0.1) is 5.25 Å². The topological polar surface area (TPSA) is 61.9 Å². The summed E-state index contributed by atoms with van der Waals surface area (Å²) in [6, 6.07) is 16.4. The number of thioether (sulfide) groups is 1. The van der Waals surface area contributed by atoms with Crippen LogP contribution in [0, 0.1) is 6.92 Å². The van der Waals surface area contributed by atoms with Crippen LogP contribution >= 0.6 is 11.8 Å². The van der Waals surface area contributed by atoms with Crippen LogP contribution in [0.15, 0.2) is 53.7 Å². The zero-order chi connectivity index (χ0) is 19.0. The van der Waals surface area contributed by atoms with Gasteiger partial charge in [-0.2, -0.15) is 0 Å². The van der Waals surface area contributed by atoms with E-state index in [0.717, 1.165) is 23.5 Å². The summed E-state index contributed by atoms with van der Waals surface area (Å²) in [5.41, 5.74) is 4.45. The summed E-state index contributed by atoms with van der Waals surface area (Å²) in [6.45, 7) is 6.07. The molecule has 0 fully saturated rings. The van der Waals surface area contributed by atoms with Crippen LogP contribution in [0.25, 0.3) is 11.4 Å². The Morgan fingerprint density at radius 3 is 2.74 bits per heavy atom. The first kappa shape index (κ1) is 17.8. The summed E-state index contributed by atoms with van der Waals surface area (Å²) in [7, 11) is 0. The van der Waals surface area contributed by atoms with Gasteiger partial charge in [-0.05, 0) is 38.8 Å². The lowest BCUT2D eigenvalue weighted by Crippen LogP contribution is -2.40. The van der Waals surface area contributed by atoms with Gasteiger partial charge in [0.2, 0.25) is 11.1 Å². The van der Waals surface area contributed by atoms with E-state index in [-0.39, 0.29) is 17.2 Å². The number of para-hydroxylation sites is 1. The second kappa shape index (κ2) is 7.19. The van der Waals surface area contributed by atoms with E-state index in [1.54, 1.807) is 0 Å². The van der Waals surface area contributed by atoms with E-state index >= 15 is 0 Å². The van der Waals surface area contributed by atoms with Crippen molar-refractivity contribution in [2.24, 2.45) is 0 Å². The molecule has 0 bridgehead atoms. The number of aryl methyl sites for hydroxylation is 1. The number of carbonyl (C=O) groups excluding carboxylic acids is 1. The fourth-order valence-electron chi connectivity index (χ4n) is 3.45. The van der Waals surface area contributed by atoms with Gasteiger partial charge in [-0.1, -0.05) is 59.8 Å². The number of amides is 1. The van der Waals surface area contributed by atoms with Gasteiger partial charge in [0.15, 0.2) is 5.82 Å². The van der Waals surface area contributed by atoms with Crippen molar-refractivity contribution >= 4 is 23.4 Å². The molecule has 0 saturated heterocycles. The molecule has 4 rings (SSSR count). The number of aromatic amines is 1. The maximum atomic E-state index is 13.1. The van der Waals surface area contributed by atoms with E-state index in [1.807, 2.05) is 54.3 Å². The normalized spacial score (nSPS) is 17.0. The average molecular weight is 379 g/mol. The standard InChI is InChI=1S/C21H22N4OS/c1-13-8-10-16(11-9-13)19-22-21(24-23-19)27-15(3)20(26)25-14(2)12-17-6-4-5-7-18(17)25/h4-11,14-15H,12H2,1-3H3,(H,22,23,24). The van der Waals surface area contributed by atoms with Gasteiger partial charge >= 0.3 is 0 Å². The first-order chi connectivity index (χ1) is 13.0. The third kappa shape index (κ3) is 3.49. The van der Waals surface area contributed by atoms with Gasteiger partial charge < -0.3 is 4.90 Å². The van der Waals surface area contributed by atoms with E-state index < -0.39 is 0 Å². The van der Waals surface area contributed by atoms with Crippen LogP contribution in [0.3, 0.4) is 0 Å². The third-order valence-corrected chi connectivity index (χ3v) is 5.81. The van der Waals surface area contributed by atoms with Gasteiger partial charge in [-0.15, -0.1) is 5.10 Å². The summed E-state index contributed by atoms with van der Waals surface area (Å²) in [5, 5.41) is 7.58. The lowest BCUT2D eigenvalue weighted by Gasteiger charge is -2.25. The number of H-pyrrole nitrogens is 1. The summed E-state index contributed by atoms with van der Waals surface area (Å²) < 4.78 is 0. The molecule has 5 nitrogen and oxygen atoms in total. The number of fused-ring (bicyclic) bond motifs is 1. The molecule has 2 heterocycles. The summed E-state index contributed by atoms with van der Waals surface area (Å²) in [5.74, 6) is 0.816. The predicted octanol–water partition coefficient (Wildman–Crippen LogP) is 4.24. The van der Waals surface area contributed by atoms with Crippen molar-refractivity contribution in [3.63, 3.8) is 0 Å². The second-order valence-corrected chi connectivity index (χ2v) is 8.29. The first-order valence-electron chi connectivity index (χ1n) is 9.10. The molecule has 2 atom stereocenters. The number of benzene rings is 2. The molecule has 27 heavy (non-hydrogen) atoms. The fraction of sp³-hybridized carbons (Fsp3) is 0.286. The highest BCUT2D eigenvalue weighted by Gasteiger charge is 2.33. The number of rotatable bonds is 4. The number of nitrogens with zero attached hydrogens (tertiary/aromatic N) is 3. The van der Waals surface area contributed by atoms with Crippen molar-refractivity contribution in [3.05, 3.63) is 59.7 Å². The zero-order valence-electron chi connectivity index (χ0n) is 15.6. The van der Waals surface area contributed by atoms with E-state index in [1.165, 1.54) is 22.9 Å². The van der Waals surface area contributed by atoms with E-state index in [4.69, 9.17) is 0 Å². The molecule has 2 aromatic carbocycles. The number of nitrogens with one attached hydrogen (secondary N) is 1. The van der Waals surface area contributed by atoms with Crippen molar-refractivity contribution in [3.8, 4) is 11.4 Å². The van der Waals surface area contributed by atoms with Crippen LogP contribution < -0.4 is 4.90 Å². The monoisotopic (exact) mass is 378 g/mol. The summed E-state index contributed by atoms with van der Waals surface area (Å²) in [4.78, 5) is 19.5. The first-order valence-corrected chi connectivity index (χ1v) is 9.98. The van der Waals surface area contributed by atoms with E-state index in [9.17, 15) is 4.79 Å². The maximum Gasteiger partial charge on any atom is 0.240 e. The third-order valence-electron chi connectivity index (χ3n) is 4.86. The van der Waals surface area contributed by atoms with Crippen molar-refractivity contribution in [2.45, 2.75) is 43.6 Å². The molecule has 1 aromatic heterocycles. The Bertz CT molecular complexity index is 966. The number of hydrogen-bond acceptors (Lipinski definition) is 4. The summed E-state index contributed by atoms with van der Waals surface area (Å²) in [6.07, 6.45) is 0.900. The fourth-order valence-corrected chi connectivity index (χ4v) is 4.22. The molecule has 0 spiro atoms. The Hall–Kier alpha value is -2.60. The van der Waals surface area contributed by atoms with Gasteiger partial charge in [-0.3, -0.25) is 9.89 Å². The minimum Gasteiger partial charge on any atom is -0.308 e. The van der Waals surface area contributed by atoms with Crippen LogP contribution in [0.4, 0.5) is 5.69 Å². The van der Waals surface area contributed by atoms with Crippen LogP contribution in [0.5, 0.6) is 0 Å². The number of anilines is 1. The molecule has 1 amide bonds. The van der Waals surface area contributed by atoms with Crippen LogP contribution in [-0.4, -0.2) is 32.4 Å². The summed E-state index contributed by atoms with van der Waals surface area (Å²) >= 11 is 1.39. The highest BCUT2D eigenvalue weighted by molar-refractivity contribution is 8.00. The van der Waals surface area contributed by atoms with Gasteiger partial charge in [0, 0.05) is 17.3 Å². The molecule has 1 aliphatic rings. The molecular formula is C21H22N4OS. The maximum absolute atomic E-state index is 13.1. The Morgan fingerprint density at radius 2 is 1.96 bits per heavy atom. The molecular weight excluding hydrogens is 356 g/mol. The van der Waals surface area contributed by atoms with Crippen molar-refractivity contribution in [1.82, 2.24) is 15.2 Å². The SMILES string of the molecule is Cc1ccc(-c2nc(SC(C)C(=O)N3c4ccccc4CC3C)n[nH]2)cc1. The highest BCUT2D eigenvalue weighted by Crippen LogP contribution is 2.34. The predicted molar refractivity (Wildman–Crippen MR) is 109 cm³/mol. The minimum absolute atomic E-state index is 0.0964. The van der Waals surface area contributed by atoms with E-state index in [2.05, 4.69) is 35.1 Å². The van der Waals surface area contributed by atoms with Crippen molar-refractivity contribution in [1.29, 1.82) is 0 Å². The number of aromatic nitrogens is 3. The molecule has 2 unspecified atom stereocenters. The van der Waals surface area contributed by atoms with Crippen LogP contribution in [0.2, 0.25) is 0 Å². The molecule has 0 saturated carbocycles. The molecule has 138 valence electrons. The van der Waals surface area contributed by atoms with Crippen molar-refractivity contribution < 1.29 is 4.79 Å².